The van der Waals surface area contributed by atoms with Crippen LogP contribution in [0.1, 0.15) is 11.1 Å². The molecule has 0 unspecified atom stereocenters. The Morgan fingerprint density at radius 3 is 2.63 bits per heavy atom. The monoisotopic (exact) mass is 339 g/mol. The van der Waals surface area contributed by atoms with E-state index in [9.17, 15) is 0 Å². The number of hydrogen-bond acceptors (Lipinski definition) is 2. The normalized spacial score (nSPS) is 10.5. The molecule has 2 rings (SSSR count). The maximum Gasteiger partial charge on any atom is 0.141 e. The number of halogens is 2. The molecular formula is C15H15BrClNO. The van der Waals surface area contributed by atoms with Crippen molar-refractivity contribution >= 4 is 27.5 Å². The van der Waals surface area contributed by atoms with Crippen molar-refractivity contribution in [3.8, 4) is 11.5 Å². The van der Waals surface area contributed by atoms with Crippen molar-refractivity contribution in [1.82, 2.24) is 0 Å². The second-order valence-corrected chi connectivity index (χ2v) is 5.61. The number of aryl methyl sites for hydroxylation is 1. The van der Waals surface area contributed by atoms with Crippen molar-refractivity contribution in [2.24, 2.45) is 5.73 Å². The van der Waals surface area contributed by atoms with Crippen LogP contribution in [0.4, 0.5) is 0 Å². The number of hydrogen-bond donors (Lipinski definition) is 1. The molecule has 19 heavy (non-hydrogen) atoms. The molecular weight excluding hydrogens is 326 g/mol. The van der Waals surface area contributed by atoms with Crippen LogP contribution in [-0.4, -0.2) is 6.54 Å². The fourth-order valence-corrected chi connectivity index (χ4v) is 2.52. The molecule has 0 amide bonds. The molecule has 0 bridgehead atoms. The molecule has 2 nitrogen and oxygen atoms in total. The second-order valence-electron chi connectivity index (χ2n) is 4.32. The zero-order chi connectivity index (χ0) is 13.8. The molecule has 0 aromatic heterocycles. The van der Waals surface area contributed by atoms with Crippen LogP contribution in [0, 0.1) is 6.92 Å². The Bertz CT molecular complexity index is 586. The van der Waals surface area contributed by atoms with E-state index >= 15 is 0 Å². The van der Waals surface area contributed by atoms with Gasteiger partial charge in [0.2, 0.25) is 0 Å². The van der Waals surface area contributed by atoms with Gasteiger partial charge in [-0.15, -0.1) is 0 Å². The topological polar surface area (TPSA) is 35.2 Å². The fraction of sp³-hybridized carbons (Fsp3) is 0.200. The maximum atomic E-state index is 5.94. The molecule has 0 heterocycles. The average Bonchev–Trinajstić information content (AvgIpc) is 2.37. The quantitative estimate of drug-likeness (QED) is 0.875. The lowest BCUT2D eigenvalue weighted by Gasteiger charge is -2.12. The first-order valence-corrected chi connectivity index (χ1v) is 7.20. The number of nitrogens with two attached hydrogens (primary N) is 1. The Labute approximate surface area is 126 Å². The van der Waals surface area contributed by atoms with Gasteiger partial charge in [0.1, 0.15) is 11.5 Å². The average molecular weight is 341 g/mol. The molecule has 2 aromatic rings. The van der Waals surface area contributed by atoms with Crippen molar-refractivity contribution in [2.45, 2.75) is 13.3 Å². The predicted octanol–water partition coefficient (Wildman–Crippen LogP) is 4.70. The molecule has 0 spiro atoms. The van der Waals surface area contributed by atoms with Crippen LogP contribution in [0.2, 0.25) is 5.02 Å². The van der Waals surface area contributed by atoms with Crippen LogP contribution in [0.15, 0.2) is 40.9 Å². The van der Waals surface area contributed by atoms with E-state index in [4.69, 9.17) is 22.1 Å². The summed E-state index contributed by atoms with van der Waals surface area (Å²) in [5.74, 6) is 1.59. The summed E-state index contributed by atoms with van der Waals surface area (Å²) in [6, 6.07) is 11.6. The highest BCUT2D eigenvalue weighted by Gasteiger charge is 2.07. The van der Waals surface area contributed by atoms with Crippen LogP contribution in [0.3, 0.4) is 0 Å². The molecule has 0 fully saturated rings. The van der Waals surface area contributed by atoms with E-state index < -0.39 is 0 Å². The van der Waals surface area contributed by atoms with Gasteiger partial charge in [-0.05, 0) is 71.2 Å². The Balaban J connectivity index is 2.29. The molecule has 4 heteroatoms. The first kappa shape index (κ1) is 14.4. The summed E-state index contributed by atoms with van der Waals surface area (Å²) in [4.78, 5) is 0. The standard InChI is InChI=1S/C15H15BrClNO/c1-10-2-3-11(6-7-18)8-15(10)19-14-5-4-12(17)9-13(14)16/h2-5,8-9H,6-7,18H2,1H3. The maximum absolute atomic E-state index is 5.94. The minimum Gasteiger partial charge on any atom is -0.456 e. The molecule has 100 valence electrons. The molecule has 2 N–H and O–H groups in total. The van der Waals surface area contributed by atoms with Gasteiger partial charge in [-0.2, -0.15) is 0 Å². The van der Waals surface area contributed by atoms with Gasteiger partial charge in [-0.1, -0.05) is 23.7 Å². The van der Waals surface area contributed by atoms with E-state index in [-0.39, 0.29) is 0 Å². The largest absolute Gasteiger partial charge is 0.456 e. The van der Waals surface area contributed by atoms with E-state index in [1.807, 2.05) is 31.2 Å². The summed E-state index contributed by atoms with van der Waals surface area (Å²) in [7, 11) is 0. The van der Waals surface area contributed by atoms with Crippen LogP contribution >= 0.6 is 27.5 Å². The molecule has 0 saturated carbocycles. The number of rotatable bonds is 4. The third-order valence-corrected chi connectivity index (χ3v) is 3.65. The van der Waals surface area contributed by atoms with Gasteiger partial charge in [0, 0.05) is 5.02 Å². The molecule has 0 saturated heterocycles. The predicted molar refractivity (Wildman–Crippen MR) is 83.2 cm³/mol. The Morgan fingerprint density at radius 1 is 1.16 bits per heavy atom. The van der Waals surface area contributed by atoms with Gasteiger partial charge >= 0.3 is 0 Å². The summed E-state index contributed by atoms with van der Waals surface area (Å²) >= 11 is 9.37. The van der Waals surface area contributed by atoms with Crippen molar-refractivity contribution in [2.75, 3.05) is 6.54 Å². The number of ether oxygens (including phenoxy) is 1. The highest BCUT2D eigenvalue weighted by atomic mass is 79.9. The van der Waals surface area contributed by atoms with E-state index in [1.165, 1.54) is 5.56 Å². The van der Waals surface area contributed by atoms with Crippen molar-refractivity contribution in [1.29, 1.82) is 0 Å². The van der Waals surface area contributed by atoms with Crippen LogP contribution < -0.4 is 10.5 Å². The molecule has 0 radical (unpaired) electrons. The van der Waals surface area contributed by atoms with Gasteiger partial charge in [-0.25, -0.2) is 0 Å². The lowest BCUT2D eigenvalue weighted by Crippen LogP contribution is -2.03. The SMILES string of the molecule is Cc1ccc(CCN)cc1Oc1ccc(Cl)cc1Br. The summed E-state index contributed by atoms with van der Waals surface area (Å²) in [5.41, 5.74) is 7.84. The Morgan fingerprint density at radius 2 is 1.95 bits per heavy atom. The zero-order valence-electron chi connectivity index (χ0n) is 10.6. The Kier molecular flexibility index (Phi) is 4.86. The minimum absolute atomic E-state index is 0.632. The Hall–Kier alpha value is -1.03. The first-order valence-electron chi connectivity index (χ1n) is 6.02. The van der Waals surface area contributed by atoms with E-state index in [0.717, 1.165) is 28.0 Å². The molecule has 0 aliphatic rings. The third-order valence-electron chi connectivity index (χ3n) is 2.80. The number of benzene rings is 2. The van der Waals surface area contributed by atoms with Gasteiger partial charge < -0.3 is 10.5 Å². The summed E-state index contributed by atoms with van der Waals surface area (Å²) in [5, 5.41) is 0.674. The van der Waals surface area contributed by atoms with E-state index in [1.54, 1.807) is 6.07 Å². The van der Waals surface area contributed by atoms with E-state index in [0.29, 0.717) is 11.6 Å². The minimum atomic E-state index is 0.632. The lowest BCUT2D eigenvalue weighted by molar-refractivity contribution is 0.475. The van der Waals surface area contributed by atoms with Gasteiger partial charge in [-0.3, -0.25) is 0 Å². The molecule has 2 aromatic carbocycles. The third kappa shape index (κ3) is 3.72. The zero-order valence-corrected chi connectivity index (χ0v) is 13.0. The van der Waals surface area contributed by atoms with Crippen LogP contribution in [0.5, 0.6) is 11.5 Å². The molecule has 0 atom stereocenters. The van der Waals surface area contributed by atoms with Crippen molar-refractivity contribution in [3.05, 3.63) is 57.0 Å². The van der Waals surface area contributed by atoms with Gasteiger partial charge in [0.15, 0.2) is 0 Å². The van der Waals surface area contributed by atoms with Crippen LogP contribution in [-0.2, 0) is 6.42 Å². The summed E-state index contributed by atoms with van der Waals surface area (Å²) < 4.78 is 6.77. The second kappa shape index (κ2) is 6.42. The summed E-state index contributed by atoms with van der Waals surface area (Å²) in [6.07, 6.45) is 0.846. The van der Waals surface area contributed by atoms with E-state index in [2.05, 4.69) is 22.0 Å². The van der Waals surface area contributed by atoms with Crippen molar-refractivity contribution < 1.29 is 4.74 Å². The molecule has 0 aliphatic heterocycles. The smallest absolute Gasteiger partial charge is 0.141 e. The van der Waals surface area contributed by atoms with Gasteiger partial charge in [0.25, 0.3) is 0 Å². The fourth-order valence-electron chi connectivity index (χ4n) is 1.75. The van der Waals surface area contributed by atoms with Crippen LogP contribution in [0.25, 0.3) is 0 Å². The first-order chi connectivity index (χ1) is 9.10. The van der Waals surface area contributed by atoms with Gasteiger partial charge in [0.05, 0.1) is 4.47 Å². The van der Waals surface area contributed by atoms with Crippen molar-refractivity contribution in [3.63, 3.8) is 0 Å². The highest BCUT2D eigenvalue weighted by Crippen LogP contribution is 2.33. The lowest BCUT2D eigenvalue weighted by atomic mass is 10.1. The molecule has 0 aliphatic carbocycles. The summed E-state index contributed by atoms with van der Waals surface area (Å²) in [6.45, 7) is 2.65. The highest BCUT2D eigenvalue weighted by molar-refractivity contribution is 9.10.